The molecule has 5 heteroatoms. The van der Waals surface area contributed by atoms with Crippen molar-refractivity contribution in [2.45, 2.75) is 13.8 Å². The summed E-state index contributed by atoms with van der Waals surface area (Å²) in [4.78, 5) is 28.1. The van der Waals surface area contributed by atoms with E-state index in [4.69, 9.17) is 16.4 Å². The number of hydrogen-bond acceptors (Lipinski definition) is 4. The zero-order valence-electron chi connectivity index (χ0n) is 11.0. The molecule has 1 aliphatic rings. The van der Waals surface area contributed by atoms with Gasteiger partial charge >= 0.3 is 5.97 Å². The van der Waals surface area contributed by atoms with Gasteiger partial charge in [0, 0.05) is 0 Å². The van der Waals surface area contributed by atoms with Crippen molar-refractivity contribution in [1.82, 2.24) is 0 Å². The smallest absolute Gasteiger partial charge is 0.312 e. The fraction of sp³-hybridized carbons (Fsp3) is 0.133. The summed E-state index contributed by atoms with van der Waals surface area (Å²) >= 11 is 5.89. The normalized spacial score (nSPS) is 16.8. The van der Waals surface area contributed by atoms with Crippen LogP contribution in [-0.4, -0.2) is 17.5 Å². The summed E-state index contributed by atoms with van der Waals surface area (Å²) in [6, 6.07) is 6.56. The van der Waals surface area contributed by atoms with E-state index in [0.29, 0.717) is 21.9 Å². The molecule has 20 heavy (non-hydrogen) atoms. The molecule has 1 aromatic carbocycles. The summed E-state index contributed by atoms with van der Waals surface area (Å²) in [5.41, 5.74) is 1.88. The van der Waals surface area contributed by atoms with Gasteiger partial charge in [-0.15, -0.1) is 0 Å². The Bertz CT molecular complexity index is 671. The molecule has 0 heterocycles. The molecule has 0 spiro atoms. The number of halogens is 1. The van der Waals surface area contributed by atoms with Crippen LogP contribution < -0.4 is 0 Å². The summed E-state index contributed by atoms with van der Waals surface area (Å²) in [5, 5.41) is 4.08. The summed E-state index contributed by atoms with van der Waals surface area (Å²) < 4.78 is 0. The number of carbonyl (C=O) groups is 2. The molecule has 0 amide bonds. The first-order chi connectivity index (χ1) is 9.49. The lowest BCUT2D eigenvalue weighted by molar-refractivity contribution is -0.111. The van der Waals surface area contributed by atoms with Crippen molar-refractivity contribution >= 4 is 29.1 Å². The monoisotopic (exact) mass is 289 g/mol. The van der Waals surface area contributed by atoms with Crippen LogP contribution >= 0.6 is 11.6 Å². The Morgan fingerprint density at radius 2 is 1.85 bits per heavy atom. The third-order valence-corrected chi connectivity index (χ3v) is 3.14. The van der Waals surface area contributed by atoms with Crippen molar-refractivity contribution < 1.29 is 14.4 Å². The molecule has 4 nitrogen and oxygen atoms in total. The van der Waals surface area contributed by atoms with Gasteiger partial charge in [-0.05, 0) is 49.3 Å². The Hall–Kier alpha value is -2.20. The van der Waals surface area contributed by atoms with Gasteiger partial charge in [-0.1, -0.05) is 28.9 Å². The minimum atomic E-state index is -0.640. The van der Waals surface area contributed by atoms with Gasteiger partial charge in [0.1, 0.15) is 5.71 Å². The first-order valence-electron chi connectivity index (χ1n) is 5.94. The second-order valence-corrected chi connectivity index (χ2v) is 4.76. The standard InChI is InChI=1S/C15H12ClNO3/c1-9-8-14(18)10(2)7-13(9)17-20-15(19)11-5-3-4-6-12(11)16/h3-8H,1-2H3/b17-13-. The minimum absolute atomic E-state index is 0.0705. The molecule has 1 aromatic rings. The molecule has 102 valence electrons. The first kappa shape index (κ1) is 14.2. The second kappa shape index (κ2) is 5.84. The summed E-state index contributed by atoms with van der Waals surface area (Å²) in [6.07, 6.45) is 3.04. The van der Waals surface area contributed by atoms with E-state index in [1.165, 1.54) is 6.08 Å². The van der Waals surface area contributed by atoms with Crippen molar-refractivity contribution in [3.8, 4) is 0 Å². The van der Waals surface area contributed by atoms with Gasteiger partial charge in [0.2, 0.25) is 0 Å². The lowest BCUT2D eigenvalue weighted by Crippen LogP contribution is -2.11. The molecule has 0 radical (unpaired) electrons. The predicted molar refractivity (Wildman–Crippen MR) is 76.8 cm³/mol. The largest absolute Gasteiger partial charge is 0.367 e. The van der Waals surface area contributed by atoms with Crippen LogP contribution in [-0.2, 0) is 9.63 Å². The fourth-order valence-corrected chi connectivity index (χ4v) is 1.85. The highest BCUT2D eigenvalue weighted by atomic mass is 35.5. The van der Waals surface area contributed by atoms with E-state index >= 15 is 0 Å². The van der Waals surface area contributed by atoms with Gasteiger partial charge in [-0.3, -0.25) is 4.79 Å². The average Bonchev–Trinajstić information content (AvgIpc) is 2.41. The highest BCUT2D eigenvalue weighted by Crippen LogP contribution is 2.17. The zero-order valence-corrected chi connectivity index (χ0v) is 11.8. The van der Waals surface area contributed by atoms with E-state index in [2.05, 4.69) is 5.16 Å². The Kier molecular flexibility index (Phi) is 4.15. The molecule has 0 bridgehead atoms. The summed E-state index contributed by atoms with van der Waals surface area (Å²) in [7, 11) is 0. The van der Waals surface area contributed by atoms with Crippen molar-refractivity contribution in [2.24, 2.45) is 5.16 Å². The van der Waals surface area contributed by atoms with Gasteiger partial charge in [-0.2, -0.15) is 0 Å². The van der Waals surface area contributed by atoms with Crippen molar-refractivity contribution in [1.29, 1.82) is 0 Å². The number of nitrogens with zero attached hydrogens (tertiary/aromatic N) is 1. The molecule has 0 saturated heterocycles. The van der Waals surface area contributed by atoms with Gasteiger partial charge < -0.3 is 4.84 Å². The number of benzene rings is 1. The van der Waals surface area contributed by atoms with Crippen LogP contribution in [0.25, 0.3) is 0 Å². The number of hydrogen-bond donors (Lipinski definition) is 0. The quantitative estimate of drug-likeness (QED) is 0.477. The number of ketones is 1. The van der Waals surface area contributed by atoms with Crippen LogP contribution in [0, 0.1) is 0 Å². The van der Waals surface area contributed by atoms with E-state index in [9.17, 15) is 9.59 Å². The lowest BCUT2D eigenvalue weighted by atomic mass is 9.99. The van der Waals surface area contributed by atoms with E-state index in [0.717, 1.165) is 0 Å². The van der Waals surface area contributed by atoms with Crippen LogP contribution in [0.5, 0.6) is 0 Å². The lowest BCUT2D eigenvalue weighted by Gasteiger charge is -2.08. The number of allylic oxidation sites excluding steroid dienone is 4. The SMILES string of the molecule is CC1=C/C(=N/OC(=O)c2ccccc2Cl)C(C)=CC1=O. The Morgan fingerprint density at radius 1 is 1.15 bits per heavy atom. The molecule has 0 atom stereocenters. The topological polar surface area (TPSA) is 55.7 Å². The maximum Gasteiger partial charge on any atom is 0.367 e. The van der Waals surface area contributed by atoms with E-state index in [1.54, 1.807) is 44.2 Å². The third kappa shape index (κ3) is 3.03. The van der Waals surface area contributed by atoms with Crippen LogP contribution in [0.4, 0.5) is 0 Å². The third-order valence-electron chi connectivity index (χ3n) is 2.81. The predicted octanol–water partition coefficient (Wildman–Crippen LogP) is 3.33. The fourth-order valence-electron chi connectivity index (χ4n) is 1.64. The molecule has 0 aliphatic heterocycles. The molecular formula is C15H12ClNO3. The van der Waals surface area contributed by atoms with Gasteiger partial charge in [0.15, 0.2) is 5.78 Å². The summed E-state index contributed by atoms with van der Waals surface area (Å²) in [6.45, 7) is 3.40. The molecule has 0 fully saturated rings. The van der Waals surface area contributed by atoms with Crippen molar-refractivity contribution in [3.63, 3.8) is 0 Å². The van der Waals surface area contributed by atoms with Crippen molar-refractivity contribution in [3.05, 3.63) is 58.1 Å². The Morgan fingerprint density at radius 3 is 2.55 bits per heavy atom. The Labute approximate surface area is 121 Å². The van der Waals surface area contributed by atoms with Gasteiger partial charge in [-0.25, -0.2) is 4.79 Å². The minimum Gasteiger partial charge on any atom is -0.312 e. The van der Waals surface area contributed by atoms with E-state index in [-0.39, 0.29) is 11.3 Å². The number of oxime groups is 1. The number of carbonyl (C=O) groups excluding carboxylic acids is 2. The molecule has 1 aliphatic carbocycles. The second-order valence-electron chi connectivity index (χ2n) is 4.35. The maximum absolute atomic E-state index is 11.8. The molecular weight excluding hydrogens is 278 g/mol. The van der Waals surface area contributed by atoms with E-state index in [1.807, 2.05) is 0 Å². The van der Waals surface area contributed by atoms with Crippen LogP contribution in [0.2, 0.25) is 5.02 Å². The van der Waals surface area contributed by atoms with E-state index < -0.39 is 5.97 Å². The van der Waals surface area contributed by atoms with Gasteiger partial charge in [0.05, 0.1) is 10.6 Å². The van der Waals surface area contributed by atoms with Crippen molar-refractivity contribution in [2.75, 3.05) is 0 Å². The Balaban J connectivity index is 2.18. The summed E-state index contributed by atoms with van der Waals surface area (Å²) in [5.74, 6) is -0.710. The highest BCUT2D eigenvalue weighted by molar-refractivity contribution is 6.33. The molecule has 0 aromatic heterocycles. The molecule has 2 rings (SSSR count). The average molecular weight is 290 g/mol. The molecule has 0 unspecified atom stereocenters. The van der Waals surface area contributed by atoms with Crippen LogP contribution in [0.3, 0.4) is 0 Å². The molecule has 0 saturated carbocycles. The zero-order chi connectivity index (χ0) is 14.7. The first-order valence-corrected chi connectivity index (χ1v) is 6.32. The van der Waals surface area contributed by atoms with Gasteiger partial charge in [0.25, 0.3) is 0 Å². The molecule has 0 N–H and O–H groups in total. The number of rotatable bonds is 2. The van der Waals surface area contributed by atoms with Crippen LogP contribution in [0.1, 0.15) is 24.2 Å². The van der Waals surface area contributed by atoms with Crippen LogP contribution in [0.15, 0.2) is 52.7 Å². The highest BCUT2D eigenvalue weighted by Gasteiger charge is 2.15. The maximum atomic E-state index is 11.8.